The molecule has 2 heterocycles. The summed E-state index contributed by atoms with van der Waals surface area (Å²) in [5, 5.41) is 0.399. The predicted molar refractivity (Wildman–Crippen MR) is 78.3 cm³/mol. The Hall–Kier alpha value is -1.55. The van der Waals surface area contributed by atoms with Gasteiger partial charge in [0.05, 0.1) is 19.6 Å². The Balaban J connectivity index is 2.84. The van der Waals surface area contributed by atoms with Gasteiger partial charge < -0.3 is 9.30 Å². The summed E-state index contributed by atoms with van der Waals surface area (Å²) in [7, 11) is 3.61. The van der Waals surface area contributed by atoms with Crippen LogP contribution < -0.4 is 0 Å². The van der Waals surface area contributed by atoms with Crippen molar-refractivity contribution in [3.63, 3.8) is 0 Å². The molecule has 0 atom stereocenters. The molecule has 0 saturated carbocycles. The fourth-order valence-electron chi connectivity index (χ4n) is 2.38. The minimum Gasteiger partial charge on any atom is -0.504 e. The van der Waals surface area contributed by atoms with Gasteiger partial charge in [0.25, 0.3) is 0 Å². The van der Waals surface area contributed by atoms with Gasteiger partial charge in [-0.1, -0.05) is 32.4 Å². The molecule has 0 aliphatic heterocycles. The Bertz CT molecular complexity index is 638. The summed E-state index contributed by atoms with van der Waals surface area (Å²) in [6.07, 6.45) is 5.15. The van der Waals surface area contributed by atoms with Crippen LogP contribution in [0.1, 0.15) is 32.0 Å². The molecule has 102 valence electrons. The Labute approximate surface area is 118 Å². The van der Waals surface area contributed by atoms with E-state index in [9.17, 15) is 0 Å². The average Bonchev–Trinajstić information content (AvgIpc) is 2.59. The van der Waals surface area contributed by atoms with Crippen LogP contribution in [0.4, 0.5) is 0 Å². The van der Waals surface area contributed by atoms with Gasteiger partial charge in [-0.15, -0.1) is 0 Å². The first-order chi connectivity index (χ1) is 8.86. The highest BCUT2D eigenvalue weighted by atomic mass is 35.5. The van der Waals surface area contributed by atoms with Gasteiger partial charge in [0.15, 0.2) is 5.65 Å². The summed E-state index contributed by atoms with van der Waals surface area (Å²) in [5.41, 5.74) is 3.77. The maximum atomic E-state index is 5.94. The highest BCUT2D eigenvalue weighted by Crippen LogP contribution is 2.33. The molecule has 5 heteroatoms. The van der Waals surface area contributed by atoms with Crippen molar-refractivity contribution in [1.29, 1.82) is 0 Å². The third-order valence-electron chi connectivity index (χ3n) is 2.97. The number of halogens is 1. The van der Waals surface area contributed by atoms with Crippen LogP contribution in [0, 0.1) is 0 Å². The number of methoxy groups -OCH3 is 1. The molecule has 0 radical (unpaired) electrons. The van der Waals surface area contributed by atoms with E-state index in [0.29, 0.717) is 5.15 Å². The monoisotopic (exact) mass is 279 g/mol. The largest absolute Gasteiger partial charge is 0.504 e. The molecule has 2 rings (SSSR count). The quantitative estimate of drug-likeness (QED) is 0.790. The molecule has 2 aromatic rings. The fourth-order valence-corrected chi connectivity index (χ4v) is 2.51. The molecule has 0 amide bonds. The van der Waals surface area contributed by atoms with Crippen LogP contribution in [0.15, 0.2) is 12.5 Å². The van der Waals surface area contributed by atoms with Crippen LogP contribution in [0.3, 0.4) is 0 Å². The van der Waals surface area contributed by atoms with E-state index in [-0.39, 0.29) is 5.41 Å². The smallest absolute Gasteiger partial charge is 0.161 e. The number of ether oxygens (including phenoxy) is 1. The molecule has 0 spiro atoms. The normalized spacial score (nSPS) is 12.5. The van der Waals surface area contributed by atoms with E-state index in [0.717, 1.165) is 22.4 Å². The van der Waals surface area contributed by atoms with Gasteiger partial charge in [0.2, 0.25) is 0 Å². The Kier molecular flexibility index (Phi) is 3.54. The second kappa shape index (κ2) is 4.85. The van der Waals surface area contributed by atoms with E-state index in [2.05, 4.69) is 30.7 Å². The first kappa shape index (κ1) is 13.9. The van der Waals surface area contributed by atoms with Crippen molar-refractivity contribution >= 4 is 28.8 Å². The number of aryl methyl sites for hydroxylation is 1. The molecule has 0 N–H and O–H groups in total. The molecule has 2 aromatic heterocycles. The molecule has 0 aliphatic rings. The van der Waals surface area contributed by atoms with Crippen LogP contribution in [0.2, 0.25) is 5.15 Å². The van der Waals surface area contributed by atoms with Crippen molar-refractivity contribution in [2.45, 2.75) is 26.2 Å². The summed E-state index contributed by atoms with van der Waals surface area (Å²) in [6.45, 7) is 6.48. The molecule has 0 unspecified atom stereocenters. The molecule has 0 bridgehead atoms. The number of fused-ring (bicyclic) bond motifs is 1. The summed E-state index contributed by atoms with van der Waals surface area (Å²) < 4.78 is 7.08. The van der Waals surface area contributed by atoms with Crippen LogP contribution in [-0.4, -0.2) is 21.6 Å². The number of hydrogen-bond acceptors (Lipinski definition) is 3. The van der Waals surface area contributed by atoms with Crippen molar-refractivity contribution in [3.05, 3.63) is 28.9 Å². The van der Waals surface area contributed by atoms with Gasteiger partial charge in [-0.2, -0.15) is 0 Å². The standard InChI is InChI=1S/C14H18ClN3O/c1-14(2,3)12-9(6-7-19-5)11-13(18(12)4)17-10(15)8-16-11/h6-8H,1-5H3/b7-6+. The van der Waals surface area contributed by atoms with Crippen LogP contribution >= 0.6 is 11.6 Å². The average molecular weight is 280 g/mol. The lowest BCUT2D eigenvalue weighted by molar-refractivity contribution is 0.341. The number of rotatable bonds is 2. The van der Waals surface area contributed by atoms with E-state index < -0.39 is 0 Å². The lowest BCUT2D eigenvalue weighted by Crippen LogP contribution is -2.17. The van der Waals surface area contributed by atoms with Crippen molar-refractivity contribution in [3.8, 4) is 0 Å². The SMILES string of the molecule is CO/C=C/c1c(C(C)(C)C)n(C)c2nc(Cl)cnc12. The topological polar surface area (TPSA) is 39.9 Å². The zero-order valence-electron chi connectivity index (χ0n) is 11.9. The molecule has 0 fully saturated rings. The van der Waals surface area contributed by atoms with Crippen LogP contribution in [-0.2, 0) is 17.2 Å². The Morgan fingerprint density at radius 1 is 1.37 bits per heavy atom. The number of aromatic nitrogens is 3. The predicted octanol–water partition coefficient (Wildman–Crippen LogP) is 3.54. The molecule has 0 aromatic carbocycles. The molecule has 0 saturated heterocycles. The molecular weight excluding hydrogens is 262 g/mol. The van der Waals surface area contributed by atoms with Crippen molar-refractivity contribution in [2.75, 3.05) is 7.11 Å². The van der Waals surface area contributed by atoms with Crippen molar-refractivity contribution in [1.82, 2.24) is 14.5 Å². The van der Waals surface area contributed by atoms with E-state index >= 15 is 0 Å². The van der Waals surface area contributed by atoms with Gasteiger partial charge in [-0.3, -0.25) is 0 Å². The maximum absolute atomic E-state index is 5.94. The van der Waals surface area contributed by atoms with Crippen LogP contribution in [0.25, 0.3) is 17.2 Å². The Morgan fingerprint density at radius 2 is 2.05 bits per heavy atom. The van der Waals surface area contributed by atoms with Gasteiger partial charge in [0, 0.05) is 23.7 Å². The van der Waals surface area contributed by atoms with Crippen molar-refractivity contribution < 1.29 is 4.74 Å². The fraction of sp³-hybridized carbons (Fsp3) is 0.429. The minimum absolute atomic E-state index is 0.0307. The molecule has 0 aliphatic carbocycles. The lowest BCUT2D eigenvalue weighted by Gasteiger charge is -2.21. The third kappa shape index (κ3) is 2.45. The second-order valence-corrected chi connectivity index (χ2v) is 5.86. The van der Waals surface area contributed by atoms with Gasteiger partial charge >= 0.3 is 0 Å². The second-order valence-electron chi connectivity index (χ2n) is 5.47. The van der Waals surface area contributed by atoms with E-state index in [1.807, 2.05) is 17.7 Å². The zero-order valence-corrected chi connectivity index (χ0v) is 12.6. The van der Waals surface area contributed by atoms with E-state index in [4.69, 9.17) is 16.3 Å². The van der Waals surface area contributed by atoms with E-state index in [1.54, 1.807) is 19.6 Å². The summed E-state index contributed by atoms with van der Waals surface area (Å²) in [4.78, 5) is 8.78. The summed E-state index contributed by atoms with van der Waals surface area (Å²) in [6, 6.07) is 0. The first-order valence-electron chi connectivity index (χ1n) is 6.07. The van der Waals surface area contributed by atoms with Gasteiger partial charge in [-0.05, 0) is 6.08 Å². The molecule has 19 heavy (non-hydrogen) atoms. The lowest BCUT2D eigenvalue weighted by atomic mass is 9.89. The Morgan fingerprint density at radius 3 is 2.63 bits per heavy atom. The van der Waals surface area contributed by atoms with Gasteiger partial charge in [-0.25, -0.2) is 9.97 Å². The van der Waals surface area contributed by atoms with Gasteiger partial charge in [0.1, 0.15) is 10.7 Å². The highest BCUT2D eigenvalue weighted by molar-refractivity contribution is 6.29. The minimum atomic E-state index is -0.0307. The zero-order chi connectivity index (χ0) is 14.2. The summed E-state index contributed by atoms with van der Waals surface area (Å²) in [5.74, 6) is 0. The van der Waals surface area contributed by atoms with Crippen molar-refractivity contribution in [2.24, 2.45) is 7.05 Å². The maximum Gasteiger partial charge on any atom is 0.161 e. The number of nitrogens with zero attached hydrogens (tertiary/aromatic N) is 3. The third-order valence-corrected chi connectivity index (χ3v) is 3.15. The molecular formula is C14H18ClN3O. The highest BCUT2D eigenvalue weighted by Gasteiger charge is 2.25. The number of hydrogen-bond donors (Lipinski definition) is 0. The first-order valence-corrected chi connectivity index (χ1v) is 6.45. The molecule has 4 nitrogen and oxygen atoms in total. The summed E-state index contributed by atoms with van der Waals surface area (Å²) >= 11 is 5.94. The van der Waals surface area contributed by atoms with E-state index in [1.165, 1.54) is 0 Å². The van der Waals surface area contributed by atoms with Crippen LogP contribution in [0.5, 0.6) is 0 Å².